The molecule has 0 aliphatic carbocycles. The van der Waals surface area contributed by atoms with Crippen LogP contribution in [0.5, 0.6) is 0 Å². The summed E-state index contributed by atoms with van der Waals surface area (Å²) >= 11 is 7.57. The van der Waals surface area contributed by atoms with E-state index in [0.29, 0.717) is 46.0 Å². The summed E-state index contributed by atoms with van der Waals surface area (Å²) in [6.07, 6.45) is 5.88. The number of piperidine rings is 1. The average Bonchev–Trinajstić information content (AvgIpc) is 3.80. The number of ether oxygens (including phenoxy) is 1. The summed E-state index contributed by atoms with van der Waals surface area (Å²) in [4.78, 5) is 82.6. The molecule has 7 rings (SSSR count). The molecule has 2 aromatic carbocycles. The lowest BCUT2D eigenvalue weighted by Crippen LogP contribution is -2.54. The third kappa shape index (κ3) is 8.16. The second-order valence-electron chi connectivity index (χ2n) is 14.5. The molecule has 3 aliphatic rings. The highest BCUT2D eigenvalue weighted by molar-refractivity contribution is 7.17. The van der Waals surface area contributed by atoms with Crippen LogP contribution in [0.25, 0.3) is 5.00 Å². The highest BCUT2D eigenvalue weighted by atomic mass is 35.5. The van der Waals surface area contributed by atoms with Crippen molar-refractivity contribution >= 4 is 69.8 Å². The van der Waals surface area contributed by atoms with E-state index in [1.807, 2.05) is 30.5 Å². The van der Waals surface area contributed by atoms with Crippen LogP contribution >= 0.6 is 22.9 Å². The van der Waals surface area contributed by atoms with E-state index in [0.717, 1.165) is 65.1 Å². The number of aliphatic imine (C=N–C) groups is 1. The van der Waals surface area contributed by atoms with Gasteiger partial charge in [0.15, 0.2) is 5.82 Å². The second-order valence-corrected chi connectivity index (χ2v) is 15.9. The second kappa shape index (κ2) is 17.4. The lowest BCUT2D eigenvalue weighted by atomic mass is 9.99. The van der Waals surface area contributed by atoms with Gasteiger partial charge in [0.05, 0.1) is 35.2 Å². The van der Waals surface area contributed by atoms with Crippen LogP contribution in [0.15, 0.2) is 47.5 Å². The lowest BCUT2D eigenvalue weighted by Gasteiger charge is -2.27. The molecule has 302 valence electrons. The maximum atomic E-state index is 13.6. The molecule has 2 unspecified atom stereocenters. The Bertz CT molecular complexity index is 2340. The fourth-order valence-corrected chi connectivity index (χ4v) is 8.94. The Balaban J connectivity index is 0.890. The topological polar surface area (TPSA) is 194 Å². The number of aromatic nitrogens is 3. The van der Waals surface area contributed by atoms with Crippen molar-refractivity contribution in [2.75, 3.05) is 25.5 Å². The summed E-state index contributed by atoms with van der Waals surface area (Å²) in [5.41, 5.74) is 4.18. The van der Waals surface area contributed by atoms with Gasteiger partial charge in [-0.25, -0.2) is 0 Å². The number of methoxy groups -OCH3 is 1. The summed E-state index contributed by atoms with van der Waals surface area (Å²) in [5, 5.41) is 18.7. The number of amides is 5. The van der Waals surface area contributed by atoms with Gasteiger partial charge in [-0.3, -0.25) is 48.5 Å². The first-order chi connectivity index (χ1) is 28.0. The van der Waals surface area contributed by atoms with Crippen molar-refractivity contribution < 1.29 is 33.5 Å². The number of halogens is 1. The fourth-order valence-electron chi connectivity index (χ4n) is 7.53. The van der Waals surface area contributed by atoms with E-state index in [-0.39, 0.29) is 36.3 Å². The van der Waals surface area contributed by atoms with Gasteiger partial charge in [0.1, 0.15) is 22.9 Å². The van der Waals surface area contributed by atoms with Gasteiger partial charge in [0, 0.05) is 41.3 Å². The Morgan fingerprint density at radius 2 is 1.64 bits per heavy atom. The molecular formula is C41H43ClN8O7S. The zero-order chi connectivity index (χ0) is 41.1. The molecule has 58 heavy (non-hydrogen) atoms. The highest BCUT2D eigenvalue weighted by Gasteiger charge is 2.44. The van der Waals surface area contributed by atoms with E-state index in [2.05, 4.69) is 26.1 Å². The molecule has 1 fully saturated rings. The van der Waals surface area contributed by atoms with Crippen molar-refractivity contribution in [3.05, 3.63) is 91.8 Å². The van der Waals surface area contributed by atoms with E-state index in [4.69, 9.17) is 21.3 Å². The smallest absolute Gasteiger partial charge is 0.308 e. The van der Waals surface area contributed by atoms with E-state index in [9.17, 15) is 28.8 Å². The molecule has 3 N–H and O–H groups in total. The maximum absolute atomic E-state index is 13.6. The first-order valence-electron chi connectivity index (χ1n) is 19.3. The standard InChI is InChI=1S/C41H43ClN8O7S/c1-22-33-34(24-10-12-25(42)13-11-24)45-29(21-32(52)57-3)36-48-47-23(2)49(36)41(33)58-35(22)38(54)44-19-9-7-5-4-6-8-18-43-26-14-15-27-28(20-26)40(56)50(39(27)55)30-16-17-31(51)46-37(30)53/h10-15,20,29-30,43H,4-9,16-19,21H2,1-3H3,(H,44,54)(H,46,51,53). The molecule has 4 aromatic rings. The molecular weight excluding hydrogens is 784 g/mol. The molecule has 2 atom stereocenters. The average molecular weight is 827 g/mol. The number of esters is 1. The number of anilines is 1. The number of hydrogen-bond acceptors (Lipinski definition) is 12. The highest BCUT2D eigenvalue weighted by Crippen LogP contribution is 2.40. The molecule has 3 aliphatic heterocycles. The molecule has 0 bridgehead atoms. The zero-order valence-electron chi connectivity index (χ0n) is 32.4. The molecule has 5 heterocycles. The van der Waals surface area contributed by atoms with Gasteiger partial charge in [0.2, 0.25) is 11.8 Å². The first-order valence-corrected chi connectivity index (χ1v) is 20.5. The lowest BCUT2D eigenvalue weighted by molar-refractivity contribution is -0.141. The maximum Gasteiger partial charge on any atom is 0.308 e. The Hall–Kier alpha value is -5.74. The third-order valence-electron chi connectivity index (χ3n) is 10.6. The van der Waals surface area contributed by atoms with Crippen LogP contribution in [0, 0.1) is 13.8 Å². The van der Waals surface area contributed by atoms with Crippen LogP contribution in [0.3, 0.4) is 0 Å². The predicted octanol–water partition coefficient (Wildman–Crippen LogP) is 5.64. The van der Waals surface area contributed by atoms with Gasteiger partial charge in [-0.05, 0) is 69.0 Å². The molecule has 2 aromatic heterocycles. The largest absolute Gasteiger partial charge is 0.469 e. The number of thiophene rings is 1. The van der Waals surface area contributed by atoms with E-state index >= 15 is 0 Å². The van der Waals surface area contributed by atoms with Crippen LogP contribution in [-0.4, -0.2) is 87.1 Å². The first kappa shape index (κ1) is 40.5. The molecule has 15 nitrogen and oxygen atoms in total. The molecule has 0 spiro atoms. The quantitative estimate of drug-likeness (QED) is 0.0768. The van der Waals surface area contributed by atoms with Crippen molar-refractivity contribution in [1.82, 2.24) is 30.3 Å². The summed E-state index contributed by atoms with van der Waals surface area (Å²) in [7, 11) is 1.34. The number of fused-ring (bicyclic) bond motifs is 4. The summed E-state index contributed by atoms with van der Waals surface area (Å²) in [6.45, 7) is 4.95. The Labute approximate surface area is 343 Å². The van der Waals surface area contributed by atoms with Gasteiger partial charge in [-0.1, -0.05) is 49.4 Å². The van der Waals surface area contributed by atoms with Crippen molar-refractivity contribution in [1.29, 1.82) is 0 Å². The number of imide groups is 2. The van der Waals surface area contributed by atoms with E-state index < -0.39 is 41.7 Å². The number of nitrogens with one attached hydrogen (secondary N) is 3. The number of carbonyl (C=O) groups excluding carboxylic acids is 6. The van der Waals surface area contributed by atoms with Gasteiger partial charge < -0.3 is 15.4 Å². The summed E-state index contributed by atoms with van der Waals surface area (Å²) < 4.78 is 6.86. The van der Waals surface area contributed by atoms with Gasteiger partial charge in [-0.2, -0.15) is 0 Å². The minimum absolute atomic E-state index is 0.0254. The zero-order valence-corrected chi connectivity index (χ0v) is 33.9. The summed E-state index contributed by atoms with van der Waals surface area (Å²) in [6, 6.07) is 10.7. The molecule has 5 amide bonds. The van der Waals surface area contributed by atoms with Crippen molar-refractivity contribution in [2.45, 2.75) is 83.7 Å². The molecule has 0 saturated carbocycles. The minimum Gasteiger partial charge on any atom is -0.469 e. The van der Waals surface area contributed by atoms with Crippen molar-refractivity contribution in [2.24, 2.45) is 4.99 Å². The SMILES string of the molecule is COC(=O)CC1N=C(c2ccc(Cl)cc2)c2c(sc(C(=O)NCCCCCCCCNc3ccc4c(c3)C(=O)N(C3CCC(=O)NC3=O)C4=O)c2C)-n2c(C)nnc21. The molecule has 1 saturated heterocycles. The predicted molar refractivity (Wildman–Crippen MR) is 217 cm³/mol. The molecule has 17 heteroatoms. The van der Waals surface area contributed by atoms with Gasteiger partial charge in [-0.15, -0.1) is 21.5 Å². The number of hydrogen-bond donors (Lipinski definition) is 3. The monoisotopic (exact) mass is 826 g/mol. The Morgan fingerprint density at radius 3 is 2.36 bits per heavy atom. The fraction of sp³-hybridized carbons (Fsp3) is 0.390. The van der Waals surface area contributed by atoms with E-state index in [1.165, 1.54) is 18.4 Å². The number of carbonyl (C=O) groups is 6. The summed E-state index contributed by atoms with van der Waals surface area (Å²) in [5.74, 6) is -1.58. The Kier molecular flexibility index (Phi) is 12.1. The van der Waals surface area contributed by atoms with Gasteiger partial charge in [0.25, 0.3) is 17.7 Å². The van der Waals surface area contributed by atoms with Crippen LogP contribution in [0.4, 0.5) is 5.69 Å². The number of benzene rings is 2. The van der Waals surface area contributed by atoms with Gasteiger partial charge >= 0.3 is 5.97 Å². The third-order valence-corrected chi connectivity index (χ3v) is 12.1. The van der Waals surface area contributed by atoms with Crippen LogP contribution in [0.1, 0.15) is 123 Å². The van der Waals surface area contributed by atoms with E-state index in [1.54, 1.807) is 30.3 Å². The number of unbranched alkanes of at least 4 members (excludes halogenated alkanes) is 5. The van der Waals surface area contributed by atoms with Crippen molar-refractivity contribution in [3.63, 3.8) is 0 Å². The Morgan fingerprint density at radius 1 is 0.931 bits per heavy atom. The normalized spacial score (nSPS) is 17.2. The molecule has 0 radical (unpaired) electrons. The number of nitrogens with zero attached hydrogens (tertiary/aromatic N) is 5. The van der Waals surface area contributed by atoms with Crippen molar-refractivity contribution in [3.8, 4) is 5.00 Å². The number of rotatable bonds is 15. The van der Waals surface area contributed by atoms with Crippen LogP contribution < -0.4 is 16.0 Å². The van der Waals surface area contributed by atoms with Crippen LogP contribution in [0.2, 0.25) is 5.02 Å². The number of aryl methyl sites for hydroxylation is 1. The van der Waals surface area contributed by atoms with Crippen LogP contribution in [-0.2, 0) is 19.1 Å². The minimum atomic E-state index is -0.992.